The SMILES string of the molecule is O=C(Nc1cnn(-c2ccccc2F)c1)NC1CCC(O)CC1. The number of carbonyl (C=O) groups is 1. The van der Waals surface area contributed by atoms with Crippen molar-refractivity contribution < 1.29 is 14.3 Å². The number of carbonyl (C=O) groups excluding carboxylic acids is 1. The lowest BCUT2D eigenvalue weighted by Gasteiger charge is -2.26. The number of para-hydroxylation sites is 1. The van der Waals surface area contributed by atoms with Crippen molar-refractivity contribution in [3.63, 3.8) is 0 Å². The Hall–Kier alpha value is -2.41. The van der Waals surface area contributed by atoms with Crippen molar-refractivity contribution in [1.82, 2.24) is 15.1 Å². The molecule has 7 heteroatoms. The molecular formula is C16H19FN4O2. The summed E-state index contributed by atoms with van der Waals surface area (Å²) in [5, 5.41) is 19.1. The fourth-order valence-electron chi connectivity index (χ4n) is 2.73. The molecule has 23 heavy (non-hydrogen) atoms. The molecule has 1 aliphatic carbocycles. The Morgan fingerprint density at radius 1 is 1.26 bits per heavy atom. The Bertz CT molecular complexity index is 680. The lowest BCUT2D eigenvalue weighted by molar-refractivity contribution is 0.118. The van der Waals surface area contributed by atoms with Crippen LogP contribution in [-0.4, -0.2) is 33.1 Å². The number of aliphatic hydroxyl groups is 1. The minimum Gasteiger partial charge on any atom is -0.393 e. The van der Waals surface area contributed by atoms with Crippen molar-refractivity contribution in [2.75, 3.05) is 5.32 Å². The first kappa shape index (κ1) is 15.5. The molecule has 2 amide bonds. The molecule has 0 unspecified atom stereocenters. The number of amides is 2. The highest BCUT2D eigenvalue weighted by atomic mass is 19.1. The molecule has 3 N–H and O–H groups in total. The smallest absolute Gasteiger partial charge is 0.319 e. The molecule has 0 spiro atoms. The maximum Gasteiger partial charge on any atom is 0.319 e. The number of hydrogen-bond acceptors (Lipinski definition) is 3. The Balaban J connectivity index is 1.58. The van der Waals surface area contributed by atoms with Crippen LogP contribution in [0.2, 0.25) is 0 Å². The van der Waals surface area contributed by atoms with Crippen LogP contribution in [0.5, 0.6) is 0 Å². The number of aromatic nitrogens is 2. The number of anilines is 1. The molecule has 1 saturated carbocycles. The predicted molar refractivity (Wildman–Crippen MR) is 83.9 cm³/mol. The van der Waals surface area contributed by atoms with Gasteiger partial charge >= 0.3 is 6.03 Å². The molecule has 0 saturated heterocycles. The number of halogens is 1. The molecular weight excluding hydrogens is 299 g/mol. The van der Waals surface area contributed by atoms with E-state index in [0.717, 1.165) is 12.8 Å². The second kappa shape index (κ2) is 6.78. The van der Waals surface area contributed by atoms with E-state index in [1.165, 1.54) is 16.9 Å². The Morgan fingerprint density at radius 2 is 2.00 bits per heavy atom. The third kappa shape index (κ3) is 3.87. The number of rotatable bonds is 3. The van der Waals surface area contributed by atoms with Crippen LogP contribution in [0.3, 0.4) is 0 Å². The van der Waals surface area contributed by atoms with E-state index in [-0.39, 0.29) is 24.0 Å². The van der Waals surface area contributed by atoms with Gasteiger partial charge in [0.05, 0.1) is 24.2 Å². The standard InChI is InChI=1S/C16H19FN4O2/c17-14-3-1-2-4-15(14)21-10-12(9-18-21)20-16(23)19-11-5-7-13(22)8-6-11/h1-4,9-11,13,22H,5-8H2,(H2,19,20,23). The van der Waals surface area contributed by atoms with E-state index in [9.17, 15) is 14.3 Å². The molecule has 1 aromatic carbocycles. The normalized spacial score (nSPS) is 21.0. The van der Waals surface area contributed by atoms with Crippen LogP contribution in [0.25, 0.3) is 5.69 Å². The quantitative estimate of drug-likeness (QED) is 0.813. The Kier molecular flexibility index (Phi) is 4.57. The molecule has 6 nitrogen and oxygen atoms in total. The van der Waals surface area contributed by atoms with E-state index >= 15 is 0 Å². The minimum absolute atomic E-state index is 0.0695. The van der Waals surface area contributed by atoms with Crippen LogP contribution >= 0.6 is 0 Å². The second-order valence-corrected chi connectivity index (χ2v) is 5.73. The van der Waals surface area contributed by atoms with Crippen LogP contribution in [0.15, 0.2) is 36.7 Å². The van der Waals surface area contributed by atoms with Gasteiger partial charge in [-0.05, 0) is 37.8 Å². The fourth-order valence-corrected chi connectivity index (χ4v) is 2.73. The van der Waals surface area contributed by atoms with Crippen LogP contribution in [0.1, 0.15) is 25.7 Å². The van der Waals surface area contributed by atoms with Gasteiger partial charge in [0, 0.05) is 6.04 Å². The van der Waals surface area contributed by atoms with Crippen LogP contribution in [0.4, 0.5) is 14.9 Å². The summed E-state index contributed by atoms with van der Waals surface area (Å²) in [5.41, 5.74) is 0.809. The molecule has 1 aliphatic rings. The number of aliphatic hydroxyl groups excluding tert-OH is 1. The zero-order valence-electron chi connectivity index (χ0n) is 12.6. The number of benzene rings is 1. The van der Waals surface area contributed by atoms with Crippen LogP contribution in [-0.2, 0) is 0 Å². The van der Waals surface area contributed by atoms with E-state index in [1.807, 2.05) is 0 Å². The maximum atomic E-state index is 13.7. The summed E-state index contributed by atoms with van der Waals surface area (Å²) in [4.78, 5) is 12.0. The van der Waals surface area contributed by atoms with E-state index in [2.05, 4.69) is 15.7 Å². The molecule has 1 heterocycles. The Labute approximate surface area is 133 Å². The van der Waals surface area contributed by atoms with Crippen molar-refractivity contribution in [3.05, 3.63) is 42.5 Å². The molecule has 1 aromatic heterocycles. The summed E-state index contributed by atoms with van der Waals surface area (Å²) in [6, 6.07) is 6.04. The van der Waals surface area contributed by atoms with Gasteiger partial charge in [-0.25, -0.2) is 13.9 Å². The largest absolute Gasteiger partial charge is 0.393 e. The first-order chi connectivity index (χ1) is 11.1. The second-order valence-electron chi connectivity index (χ2n) is 5.73. The van der Waals surface area contributed by atoms with Gasteiger partial charge in [-0.2, -0.15) is 5.10 Å². The number of nitrogens with zero attached hydrogens (tertiary/aromatic N) is 2. The fraction of sp³-hybridized carbons (Fsp3) is 0.375. The van der Waals surface area contributed by atoms with Gasteiger partial charge < -0.3 is 15.7 Å². The van der Waals surface area contributed by atoms with Gasteiger partial charge in [0.25, 0.3) is 0 Å². The highest BCUT2D eigenvalue weighted by Gasteiger charge is 2.20. The maximum absolute atomic E-state index is 13.7. The first-order valence-electron chi connectivity index (χ1n) is 7.67. The van der Waals surface area contributed by atoms with E-state index < -0.39 is 0 Å². The van der Waals surface area contributed by atoms with Gasteiger partial charge in [-0.15, -0.1) is 0 Å². The van der Waals surface area contributed by atoms with E-state index in [1.54, 1.807) is 24.4 Å². The lowest BCUT2D eigenvalue weighted by atomic mass is 9.93. The van der Waals surface area contributed by atoms with Crippen molar-refractivity contribution >= 4 is 11.7 Å². The molecule has 0 atom stereocenters. The summed E-state index contributed by atoms with van der Waals surface area (Å²) in [6.45, 7) is 0. The Morgan fingerprint density at radius 3 is 2.74 bits per heavy atom. The summed E-state index contributed by atoms with van der Waals surface area (Å²) in [7, 11) is 0. The molecule has 0 aliphatic heterocycles. The summed E-state index contributed by atoms with van der Waals surface area (Å²) in [5.74, 6) is -0.382. The molecule has 0 bridgehead atoms. The highest BCUT2D eigenvalue weighted by Crippen LogP contribution is 2.19. The lowest BCUT2D eigenvalue weighted by Crippen LogP contribution is -2.40. The van der Waals surface area contributed by atoms with Gasteiger partial charge in [0.1, 0.15) is 11.5 Å². The van der Waals surface area contributed by atoms with Crippen molar-refractivity contribution in [1.29, 1.82) is 0 Å². The first-order valence-corrected chi connectivity index (χ1v) is 7.67. The zero-order valence-corrected chi connectivity index (χ0v) is 12.6. The third-order valence-electron chi connectivity index (χ3n) is 3.97. The number of urea groups is 1. The number of hydrogen-bond donors (Lipinski definition) is 3. The molecule has 3 rings (SSSR count). The van der Waals surface area contributed by atoms with Gasteiger partial charge in [0.2, 0.25) is 0 Å². The number of nitrogens with one attached hydrogen (secondary N) is 2. The highest BCUT2D eigenvalue weighted by molar-refractivity contribution is 5.89. The molecule has 1 fully saturated rings. The average molecular weight is 318 g/mol. The minimum atomic E-state index is -0.382. The topological polar surface area (TPSA) is 79.2 Å². The third-order valence-corrected chi connectivity index (χ3v) is 3.97. The van der Waals surface area contributed by atoms with Crippen LogP contribution in [0, 0.1) is 5.82 Å². The average Bonchev–Trinajstić information content (AvgIpc) is 2.98. The van der Waals surface area contributed by atoms with Crippen molar-refractivity contribution in [2.45, 2.75) is 37.8 Å². The summed E-state index contributed by atoms with van der Waals surface area (Å²) in [6.07, 6.45) is 5.72. The zero-order chi connectivity index (χ0) is 16.2. The molecule has 0 radical (unpaired) electrons. The monoisotopic (exact) mass is 318 g/mol. The van der Waals surface area contributed by atoms with E-state index in [4.69, 9.17) is 0 Å². The van der Waals surface area contributed by atoms with E-state index in [0.29, 0.717) is 24.2 Å². The summed E-state index contributed by atoms with van der Waals surface area (Å²) >= 11 is 0. The van der Waals surface area contributed by atoms with Crippen LogP contribution < -0.4 is 10.6 Å². The van der Waals surface area contributed by atoms with Crippen molar-refractivity contribution in [2.24, 2.45) is 0 Å². The molecule has 2 aromatic rings. The predicted octanol–water partition coefficient (Wildman–Crippen LogP) is 2.44. The van der Waals surface area contributed by atoms with Gasteiger partial charge in [-0.1, -0.05) is 12.1 Å². The van der Waals surface area contributed by atoms with Gasteiger partial charge in [-0.3, -0.25) is 0 Å². The van der Waals surface area contributed by atoms with Crippen molar-refractivity contribution in [3.8, 4) is 5.69 Å². The molecule has 122 valence electrons. The van der Waals surface area contributed by atoms with Gasteiger partial charge in [0.15, 0.2) is 0 Å². The summed E-state index contributed by atoms with van der Waals surface area (Å²) < 4.78 is 15.1.